The van der Waals surface area contributed by atoms with E-state index in [0.717, 1.165) is 16.7 Å². The molecule has 8 nitrogen and oxygen atoms in total. The lowest BCUT2D eigenvalue weighted by Gasteiger charge is -2.16. The topological polar surface area (TPSA) is 105 Å². The lowest BCUT2D eigenvalue weighted by Crippen LogP contribution is -2.33. The van der Waals surface area contributed by atoms with Crippen LogP contribution in [0.25, 0.3) is 22.3 Å². The number of allylic oxidation sites excluding steroid dienone is 2. The summed E-state index contributed by atoms with van der Waals surface area (Å²) in [6, 6.07) is 12.9. The number of hydrogen-bond donors (Lipinski definition) is 3. The Morgan fingerprint density at radius 2 is 1.87 bits per heavy atom. The van der Waals surface area contributed by atoms with Crippen LogP contribution in [0, 0.1) is 10.1 Å². The highest BCUT2D eigenvalue weighted by atomic mass is 35.5. The predicted molar refractivity (Wildman–Crippen MR) is 123 cm³/mol. The van der Waals surface area contributed by atoms with Crippen LogP contribution in [0.3, 0.4) is 0 Å². The Morgan fingerprint density at radius 3 is 2.61 bits per heavy atom. The minimum Gasteiger partial charge on any atom is -0.370 e. The van der Waals surface area contributed by atoms with E-state index in [1.165, 1.54) is 6.08 Å². The molecule has 1 aliphatic heterocycles. The molecule has 0 unspecified atom stereocenters. The Morgan fingerprint density at radius 1 is 1.06 bits per heavy atom. The molecule has 0 aliphatic carbocycles. The molecule has 0 bridgehead atoms. The lowest BCUT2D eigenvalue weighted by molar-refractivity contribution is -0.426. The SMILES string of the molecule is O=[N+]([O-])C1=CC=C(NCCNc2nc(-c3ccc(Cl)cc3Cl)nc3ccccc23)NC1. The molecule has 1 aromatic heterocycles. The summed E-state index contributed by atoms with van der Waals surface area (Å²) in [6.07, 6.45) is 3.15. The van der Waals surface area contributed by atoms with Gasteiger partial charge in [0.05, 0.1) is 21.3 Å². The van der Waals surface area contributed by atoms with E-state index >= 15 is 0 Å². The number of rotatable bonds is 7. The standard InChI is InChI=1S/C21H18Cl2N6O2/c22-13-5-7-15(17(23)11-13)21-27-18-4-2-1-3-16(18)20(28-21)25-10-9-24-19-8-6-14(12-26-19)29(30)31/h1-8,11,24,26H,9-10,12H2,(H,25,27,28). The van der Waals surface area contributed by atoms with Crippen LogP contribution < -0.4 is 16.0 Å². The van der Waals surface area contributed by atoms with Crippen LogP contribution in [0.5, 0.6) is 0 Å². The molecular formula is C21H18Cl2N6O2. The Kier molecular flexibility index (Phi) is 6.20. The number of halogens is 2. The first kappa shape index (κ1) is 20.9. The van der Waals surface area contributed by atoms with E-state index in [1.54, 1.807) is 24.3 Å². The maximum absolute atomic E-state index is 10.8. The molecule has 158 valence electrons. The van der Waals surface area contributed by atoms with Crippen LogP contribution in [0.1, 0.15) is 0 Å². The van der Waals surface area contributed by atoms with Crippen molar-refractivity contribution in [3.63, 3.8) is 0 Å². The second-order valence-corrected chi connectivity index (χ2v) is 7.58. The zero-order valence-corrected chi connectivity index (χ0v) is 17.7. The van der Waals surface area contributed by atoms with Gasteiger partial charge < -0.3 is 16.0 Å². The second kappa shape index (κ2) is 9.20. The minimum absolute atomic E-state index is 0.129. The van der Waals surface area contributed by atoms with Gasteiger partial charge in [-0.1, -0.05) is 35.3 Å². The third-order valence-electron chi connectivity index (χ3n) is 4.65. The maximum Gasteiger partial charge on any atom is 0.265 e. The van der Waals surface area contributed by atoms with Crippen molar-refractivity contribution in [2.75, 3.05) is 25.0 Å². The molecule has 0 spiro atoms. The van der Waals surface area contributed by atoms with Crippen molar-refractivity contribution in [1.29, 1.82) is 0 Å². The summed E-state index contributed by atoms with van der Waals surface area (Å²) in [5.41, 5.74) is 1.62. The van der Waals surface area contributed by atoms with Crippen LogP contribution >= 0.6 is 23.2 Å². The third-order valence-corrected chi connectivity index (χ3v) is 5.19. The van der Waals surface area contributed by atoms with E-state index in [-0.39, 0.29) is 12.2 Å². The zero-order chi connectivity index (χ0) is 21.8. The molecular weight excluding hydrogens is 439 g/mol. The summed E-state index contributed by atoms with van der Waals surface area (Å²) in [5, 5.41) is 22.2. The number of benzene rings is 2. The fourth-order valence-electron chi connectivity index (χ4n) is 3.11. The summed E-state index contributed by atoms with van der Waals surface area (Å²) in [6.45, 7) is 1.33. The smallest absolute Gasteiger partial charge is 0.265 e. The third kappa shape index (κ3) is 4.87. The predicted octanol–water partition coefficient (Wildman–Crippen LogP) is 4.21. The van der Waals surface area contributed by atoms with Crippen molar-refractivity contribution in [1.82, 2.24) is 20.6 Å². The lowest BCUT2D eigenvalue weighted by atomic mass is 10.2. The van der Waals surface area contributed by atoms with Crippen molar-refractivity contribution >= 4 is 39.9 Å². The number of aromatic nitrogens is 2. The van der Waals surface area contributed by atoms with Crippen molar-refractivity contribution < 1.29 is 4.92 Å². The van der Waals surface area contributed by atoms with Gasteiger partial charge >= 0.3 is 0 Å². The van der Waals surface area contributed by atoms with Crippen LogP contribution in [-0.2, 0) is 0 Å². The molecule has 31 heavy (non-hydrogen) atoms. The highest BCUT2D eigenvalue weighted by Gasteiger charge is 2.14. The van der Waals surface area contributed by atoms with E-state index in [1.807, 2.05) is 24.3 Å². The largest absolute Gasteiger partial charge is 0.370 e. The highest BCUT2D eigenvalue weighted by molar-refractivity contribution is 6.36. The minimum atomic E-state index is -0.396. The van der Waals surface area contributed by atoms with E-state index < -0.39 is 4.92 Å². The average molecular weight is 457 g/mol. The highest BCUT2D eigenvalue weighted by Crippen LogP contribution is 2.31. The molecule has 2 aromatic carbocycles. The van der Waals surface area contributed by atoms with Gasteiger partial charge in [-0.3, -0.25) is 10.1 Å². The molecule has 0 radical (unpaired) electrons. The van der Waals surface area contributed by atoms with Gasteiger partial charge in [0.25, 0.3) is 5.70 Å². The Bertz CT molecular complexity index is 1210. The quantitative estimate of drug-likeness (QED) is 0.277. The van der Waals surface area contributed by atoms with Crippen molar-refractivity contribution in [2.45, 2.75) is 0 Å². The molecule has 3 aromatic rings. The number of nitrogens with zero attached hydrogens (tertiary/aromatic N) is 3. The average Bonchev–Trinajstić information content (AvgIpc) is 2.76. The molecule has 3 N–H and O–H groups in total. The molecule has 0 fully saturated rings. The van der Waals surface area contributed by atoms with Gasteiger partial charge in [-0.05, 0) is 36.4 Å². The molecule has 1 aliphatic rings. The fraction of sp³-hybridized carbons (Fsp3) is 0.143. The number of para-hydroxylation sites is 1. The van der Waals surface area contributed by atoms with Crippen LogP contribution in [-0.4, -0.2) is 34.5 Å². The van der Waals surface area contributed by atoms with Crippen molar-refractivity contribution in [2.24, 2.45) is 0 Å². The molecule has 0 amide bonds. The first-order valence-corrected chi connectivity index (χ1v) is 10.3. The van der Waals surface area contributed by atoms with Crippen molar-refractivity contribution in [3.05, 3.63) is 86.3 Å². The van der Waals surface area contributed by atoms with E-state index in [9.17, 15) is 10.1 Å². The van der Waals surface area contributed by atoms with Gasteiger partial charge in [-0.15, -0.1) is 0 Å². The number of nitrogens with one attached hydrogen (secondary N) is 3. The molecule has 0 atom stereocenters. The molecule has 10 heteroatoms. The summed E-state index contributed by atoms with van der Waals surface area (Å²) in [7, 11) is 0. The zero-order valence-electron chi connectivity index (χ0n) is 16.2. The van der Waals surface area contributed by atoms with Gasteiger partial charge in [-0.2, -0.15) is 0 Å². The van der Waals surface area contributed by atoms with Gasteiger partial charge in [-0.25, -0.2) is 9.97 Å². The Labute approximate surface area is 188 Å². The van der Waals surface area contributed by atoms with Gasteiger partial charge in [0.15, 0.2) is 5.82 Å². The van der Waals surface area contributed by atoms with E-state index in [4.69, 9.17) is 23.2 Å². The monoisotopic (exact) mass is 456 g/mol. The molecule has 0 saturated heterocycles. The van der Waals surface area contributed by atoms with Gasteiger partial charge in [0.1, 0.15) is 12.4 Å². The Hall–Kier alpha value is -3.36. The number of hydrogen-bond acceptors (Lipinski definition) is 7. The second-order valence-electron chi connectivity index (χ2n) is 6.74. The first-order valence-electron chi connectivity index (χ1n) is 9.50. The van der Waals surface area contributed by atoms with E-state index in [2.05, 4.69) is 25.9 Å². The van der Waals surface area contributed by atoms with E-state index in [0.29, 0.717) is 40.3 Å². The number of nitro groups is 1. The summed E-state index contributed by atoms with van der Waals surface area (Å²) in [4.78, 5) is 19.7. The molecule has 0 saturated carbocycles. The summed E-state index contributed by atoms with van der Waals surface area (Å²) in [5.74, 6) is 1.92. The normalized spacial score (nSPS) is 13.2. The number of fused-ring (bicyclic) bond motifs is 1. The van der Waals surface area contributed by atoms with Crippen LogP contribution in [0.4, 0.5) is 5.82 Å². The summed E-state index contributed by atoms with van der Waals surface area (Å²) >= 11 is 12.4. The first-order chi connectivity index (χ1) is 15.0. The fourth-order valence-corrected chi connectivity index (χ4v) is 3.60. The number of dihydropyridines is 1. The van der Waals surface area contributed by atoms with Crippen LogP contribution in [0.2, 0.25) is 10.0 Å². The Balaban J connectivity index is 1.50. The molecule has 4 rings (SSSR count). The van der Waals surface area contributed by atoms with Crippen molar-refractivity contribution in [3.8, 4) is 11.4 Å². The molecule has 2 heterocycles. The number of anilines is 1. The maximum atomic E-state index is 10.8. The summed E-state index contributed by atoms with van der Waals surface area (Å²) < 4.78 is 0. The van der Waals surface area contributed by atoms with Gasteiger partial charge in [0.2, 0.25) is 0 Å². The van der Waals surface area contributed by atoms with Crippen LogP contribution in [0.15, 0.2) is 66.1 Å². The van der Waals surface area contributed by atoms with Gasteiger partial charge in [0, 0.05) is 35.1 Å².